The molecule has 0 spiro atoms. The smallest absolute Gasteiger partial charge is 0.291 e. The first-order valence-electron chi connectivity index (χ1n) is 12.0. The zero-order chi connectivity index (χ0) is 24.3. The van der Waals surface area contributed by atoms with E-state index in [0.717, 1.165) is 63.1 Å². The number of hydrogen-bond donors (Lipinski definition) is 2. The highest BCUT2D eigenvalue weighted by molar-refractivity contribution is 6.03. The summed E-state index contributed by atoms with van der Waals surface area (Å²) < 4.78 is 5.71. The molecule has 1 amide bonds. The molecule has 1 aliphatic heterocycles. The number of nitriles is 1. The van der Waals surface area contributed by atoms with Crippen molar-refractivity contribution < 1.29 is 9.53 Å². The van der Waals surface area contributed by atoms with E-state index >= 15 is 0 Å². The van der Waals surface area contributed by atoms with Gasteiger partial charge >= 0.3 is 0 Å². The molecule has 0 unspecified atom stereocenters. The van der Waals surface area contributed by atoms with Crippen LogP contribution in [-0.4, -0.2) is 54.6 Å². The van der Waals surface area contributed by atoms with Gasteiger partial charge in [0.15, 0.2) is 5.82 Å². The van der Waals surface area contributed by atoms with Gasteiger partial charge in [-0.25, -0.2) is 4.98 Å². The highest BCUT2D eigenvalue weighted by Gasteiger charge is 2.36. The Hall–Kier alpha value is -2.95. The maximum Gasteiger partial charge on any atom is 0.291 e. The second kappa shape index (κ2) is 9.73. The molecule has 4 rings (SSSR count). The van der Waals surface area contributed by atoms with Gasteiger partial charge in [0.25, 0.3) is 5.91 Å². The third-order valence-corrected chi connectivity index (χ3v) is 7.18. The van der Waals surface area contributed by atoms with E-state index in [1.54, 1.807) is 0 Å². The van der Waals surface area contributed by atoms with Gasteiger partial charge in [0.2, 0.25) is 0 Å². The predicted molar refractivity (Wildman–Crippen MR) is 134 cm³/mol. The van der Waals surface area contributed by atoms with Crippen LogP contribution in [0.4, 0.5) is 5.69 Å². The van der Waals surface area contributed by atoms with Crippen molar-refractivity contribution in [1.82, 2.24) is 14.9 Å². The molecule has 0 saturated carbocycles. The first-order chi connectivity index (χ1) is 16.2. The lowest BCUT2D eigenvalue weighted by molar-refractivity contribution is 0.0401. The van der Waals surface area contributed by atoms with E-state index in [0.29, 0.717) is 5.41 Å². The molecule has 7 nitrogen and oxygen atoms in total. The van der Waals surface area contributed by atoms with Crippen molar-refractivity contribution in [1.29, 1.82) is 5.26 Å². The lowest BCUT2D eigenvalue weighted by atomic mass is 9.72. The number of H-pyrrole nitrogens is 1. The molecular formula is C27H35N5O2. The number of benzene rings is 1. The number of carbonyl (C=O) groups excluding carboxylic acids is 1. The van der Waals surface area contributed by atoms with E-state index in [4.69, 9.17) is 10.00 Å². The molecule has 1 fully saturated rings. The summed E-state index contributed by atoms with van der Waals surface area (Å²) in [7, 11) is 4.24. The Kier molecular flexibility index (Phi) is 6.92. The molecule has 1 aliphatic carbocycles. The molecule has 7 heteroatoms. The second-order valence-corrected chi connectivity index (χ2v) is 10.7. The Balaban J connectivity index is 1.73. The molecule has 2 N–H and O–H groups in total. The number of rotatable bonds is 6. The fourth-order valence-corrected chi connectivity index (χ4v) is 5.15. The summed E-state index contributed by atoms with van der Waals surface area (Å²) in [5.41, 5.74) is 5.02. The number of hydrogen-bond acceptors (Lipinski definition) is 5. The lowest BCUT2D eigenvalue weighted by Crippen LogP contribution is -2.42. The summed E-state index contributed by atoms with van der Waals surface area (Å²) in [5, 5.41) is 12.1. The van der Waals surface area contributed by atoms with E-state index in [1.807, 2.05) is 12.1 Å². The second-order valence-electron chi connectivity index (χ2n) is 10.7. The van der Waals surface area contributed by atoms with Gasteiger partial charge in [-0.3, -0.25) is 4.79 Å². The molecule has 1 aromatic carbocycles. The zero-order valence-electron chi connectivity index (χ0n) is 20.7. The van der Waals surface area contributed by atoms with Gasteiger partial charge in [0.1, 0.15) is 11.8 Å². The molecule has 180 valence electrons. The van der Waals surface area contributed by atoms with E-state index in [9.17, 15) is 4.79 Å². The maximum absolute atomic E-state index is 12.9. The number of likely N-dealkylation sites (N-methyl/N-ethyl adjacent to an activating group) is 1. The minimum absolute atomic E-state index is 0.0241. The number of ether oxygens (including phenoxy) is 1. The van der Waals surface area contributed by atoms with Crippen molar-refractivity contribution in [2.45, 2.75) is 51.4 Å². The number of aromatic nitrogens is 2. The molecule has 1 saturated heterocycles. The molecule has 34 heavy (non-hydrogen) atoms. The molecule has 0 bridgehead atoms. The molecular weight excluding hydrogens is 426 g/mol. The molecule has 2 heterocycles. The number of amides is 1. The van der Waals surface area contributed by atoms with Crippen molar-refractivity contribution in [2.24, 2.45) is 5.41 Å². The first-order valence-corrected chi connectivity index (χ1v) is 12.0. The number of anilines is 1. The van der Waals surface area contributed by atoms with Crippen molar-refractivity contribution in [2.75, 3.05) is 39.2 Å². The summed E-state index contributed by atoms with van der Waals surface area (Å²) in [4.78, 5) is 22.0. The van der Waals surface area contributed by atoms with Crippen molar-refractivity contribution in [3.63, 3.8) is 0 Å². The van der Waals surface area contributed by atoms with Gasteiger partial charge in [-0.15, -0.1) is 0 Å². The molecule has 0 atom stereocenters. The minimum atomic E-state index is -0.346. The van der Waals surface area contributed by atoms with Crippen LogP contribution in [-0.2, 0) is 10.2 Å². The number of carbonyl (C=O) groups is 1. The van der Waals surface area contributed by atoms with E-state index in [-0.39, 0.29) is 22.8 Å². The van der Waals surface area contributed by atoms with Crippen molar-refractivity contribution in [3.05, 3.63) is 53.1 Å². The van der Waals surface area contributed by atoms with E-state index in [1.165, 1.54) is 17.3 Å². The summed E-state index contributed by atoms with van der Waals surface area (Å²) in [6.07, 6.45) is 8.76. The number of imidazole rings is 1. The van der Waals surface area contributed by atoms with Gasteiger partial charge in [0.05, 0.1) is 6.20 Å². The van der Waals surface area contributed by atoms with E-state index in [2.05, 4.69) is 66.3 Å². The topological polar surface area (TPSA) is 94.0 Å². The number of nitrogens with one attached hydrogen (secondary N) is 2. The fraction of sp³-hybridized carbons (Fsp3) is 0.519. The quantitative estimate of drug-likeness (QED) is 0.648. The maximum atomic E-state index is 12.9. The van der Waals surface area contributed by atoms with Crippen LogP contribution in [0, 0.1) is 16.7 Å². The largest absolute Gasteiger partial charge is 0.381 e. The third kappa shape index (κ3) is 5.24. The van der Waals surface area contributed by atoms with Gasteiger partial charge in [-0.1, -0.05) is 26.0 Å². The van der Waals surface area contributed by atoms with Crippen LogP contribution < -0.4 is 5.32 Å². The van der Waals surface area contributed by atoms with Crippen LogP contribution >= 0.6 is 0 Å². The van der Waals surface area contributed by atoms with Gasteiger partial charge < -0.3 is 19.9 Å². The predicted octanol–water partition coefficient (Wildman–Crippen LogP) is 4.74. The molecule has 1 aromatic heterocycles. The van der Waals surface area contributed by atoms with Gasteiger partial charge in [-0.05, 0) is 74.9 Å². The SMILES string of the molecule is CN(C)CC1(c2ccc(NC(=O)c3ncc(C#N)[nH]3)c(C3=CCC(C)(C)CC3)c2)CCOCC1. The zero-order valence-corrected chi connectivity index (χ0v) is 20.7. The highest BCUT2D eigenvalue weighted by atomic mass is 16.5. The summed E-state index contributed by atoms with van der Waals surface area (Å²) >= 11 is 0. The Bertz CT molecular complexity index is 1120. The standard InChI is InChI=1S/C27H35N5O2/c1-26(2)9-7-19(8-10-26)22-15-20(27(18-32(3)4)11-13-34-14-12-27)5-6-23(22)31-25(33)24-29-17-21(16-28)30-24/h5-7,15,17H,8-14,18H2,1-4H3,(H,29,30)(H,31,33). The average molecular weight is 462 g/mol. The Morgan fingerprint density at radius 1 is 1.26 bits per heavy atom. The van der Waals surface area contributed by atoms with Crippen LogP contribution in [0.2, 0.25) is 0 Å². The average Bonchev–Trinajstić information content (AvgIpc) is 3.29. The third-order valence-electron chi connectivity index (χ3n) is 7.18. The summed E-state index contributed by atoms with van der Waals surface area (Å²) in [5.74, 6) is -0.208. The minimum Gasteiger partial charge on any atom is -0.381 e. The van der Waals surface area contributed by atoms with Crippen LogP contribution in [0.5, 0.6) is 0 Å². The highest BCUT2D eigenvalue weighted by Crippen LogP contribution is 2.43. The number of aromatic amines is 1. The Morgan fingerprint density at radius 2 is 2.03 bits per heavy atom. The molecule has 0 radical (unpaired) electrons. The summed E-state index contributed by atoms with van der Waals surface area (Å²) in [6, 6.07) is 8.46. The van der Waals surface area contributed by atoms with Crippen molar-refractivity contribution in [3.8, 4) is 6.07 Å². The van der Waals surface area contributed by atoms with Crippen LogP contribution in [0.15, 0.2) is 30.5 Å². The Morgan fingerprint density at radius 3 is 2.65 bits per heavy atom. The molecule has 2 aliphatic rings. The normalized spacial score (nSPS) is 19.4. The van der Waals surface area contributed by atoms with Gasteiger partial charge in [-0.2, -0.15) is 5.26 Å². The van der Waals surface area contributed by atoms with Crippen LogP contribution in [0.1, 0.15) is 73.4 Å². The van der Waals surface area contributed by atoms with E-state index < -0.39 is 0 Å². The first kappa shape index (κ1) is 24.2. The lowest BCUT2D eigenvalue weighted by Gasteiger charge is -2.40. The molecule has 2 aromatic rings. The van der Waals surface area contributed by atoms with Crippen molar-refractivity contribution >= 4 is 17.2 Å². The fourth-order valence-electron chi connectivity index (χ4n) is 5.15. The summed E-state index contributed by atoms with van der Waals surface area (Å²) in [6.45, 7) is 7.09. The Labute approximate surface area is 202 Å². The number of allylic oxidation sites excluding steroid dienone is 2. The number of nitrogens with zero attached hydrogens (tertiary/aromatic N) is 3. The van der Waals surface area contributed by atoms with Gasteiger partial charge in [0, 0.05) is 36.4 Å². The monoisotopic (exact) mass is 461 g/mol. The van der Waals surface area contributed by atoms with Crippen LogP contribution in [0.3, 0.4) is 0 Å². The van der Waals surface area contributed by atoms with Crippen LogP contribution in [0.25, 0.3) is 5.57 Å².